The van der Waals surface area contributed by atoms with Gasteiger partial charge in [-0.05, 0) is 37.5 Å². The first kappa shape index (κ1) is 16.1. The molecule has 0 aromatic heterocycles. The third-order valence-corrected chi connectivity index (χ3v) is 4.60. The van der Waals surface area contributed by atoms with Gasteiger partial charge in [-0.2, -0.15) is 0 Å². The fraction of sp³-hybridized carbons (Fsp3) is 0.500. The molecule has 2 fully saturated rings. The van der Waals surface area contributed by atoms with Crippen LogP contribution in [0.1, 0.15) is 31.7 Å². The second kappa shape index (κ2) is 5.29. The molecular weight excluding hydrogens is 336 g/mol. The second-order valence-electron chi connectivity index (χ2n) is 6.61. The number of hydrogen-bond acceptors (Lipinski definition) is 5. The van der Waals surface area contributed by atoms with Crippen LogP contribution in [-0.4, -0.2) is 30.3 Å². The lowest BCUT2D eigenvalue weighted by Gasteiger charge is -2.30. The van der Waals surface area contributed by atoms with E-state index >= 15 is 0 Å². The van der Waals surface area contributed by atoms with Gasteiger partial charge >= 0.3 is 6.29 Å². The summed E-state index contributed by atoms with van der Waals surface area (Å²) in [7, 11) is 0. The van der Waals surface area contributed by atoms with Gasteiger partial charge in [0.2, 0.25) is 11.8 Å². The molecule has 3 N–H and O–H groups in total. The molecule has 9 heteroatoms. The van der Waals surface area contributed by atoms with E-state index in [2.05, 4.69) is 25.4 Å². The minimum atomic E-state index is -3.67. The number of hydrogen-bond donors (Lipinski definition) is 3. The Labute approximate surface area is 142 Å². The molecule has 1 aromatic rings. The molecule has 0 radical (unpaired) electrons. The molecule has 1 saturated carbocycles. The number of halogens is 2. The molecule has 0 spiro atoms. The van der Waals surface area contributed by atoms with Crippen molar-refractivity contribution in [2.24, 2.45) is 0 Å². The van der Waals surface area contributed by atoms with Crippen molar-refractivity contribution < 1.29 is 27.8 Å². The number of nitrogens with one attached hydrogen (secondary N) is 3. The van der Waals surface area contributed by atoms with Gasteiger partial charge in [-0.15, -0.1) is 8.78 Å². The number of benzene rings is 1. The number of amides is 2. The van der Waals surface area contributed by atoms with Crippen LogP contribution in [0.15, 0.2) is 18.2 Å². The largest absolute Gasteiger partial charge is 0.586 e. The molecule has 2 heterocycles. The van der Waals surface area contributed by atoms with Crippen molar-refractivity contribution in [1.29, 1.82) is 0 Å². The van der Waals surface area contributed by atoms with E-state index in [1.165, 1.54) is 12.1 Å². The highest BCUT2D eigenvalue weighted by Crippen LogP contribution is 2.49. The Morgan fingerprint density at radius 1 is 1.28 bits per heavy atom. The molecule has 134 valence electrons. The zero-order chi connectivity index (χ0) is 17.8. The minimum Gasteiger partial charge on any atom is -0.395 e. The Hall–Kier alpha value is -2.42. The molecule has 1 saturated heterocycles. The molecule has 7 nitrogen and oxygen atoms in total. The molecule has 1 aliphatic carbocycles. The van der Waals surface area contributed by atoms with Crippen LogP contribution in [-0.2, 0) is 15.1 Å². The van der Waals surface area contributed by atoms with Crippen molar-refractivity contribution in [2.45, 2.75) is 50.2 Å². The van der Waals surface area contributed by atoms with Gasteiger partial charge in [0.1, 0.15) is 0 Å². The zero-order valence-corrected chi connectivity index (χ0v) is 13.4. The van der Waals surface area contributed by atoms with Crippen molar-refractivity contribution in [2.75, 3.05) is 0 Å². The minimum absolute atomic E-state index is 0.0321. The van der Waals surface area contributed by atoms with Gasteiger partial charge in [0.15, 0.2) is 11.5 Å². The molecular formula is C16H17F2N3O4. The van der Waals surface area contributed by atoms with Crippen LogP contribution in [0.25, 0.3) is 0 Å². The van der Waals surface area contributed by atoms with Gasteiger partial charge in [0.25, 0.3) is 0 Å². The maximum Gasteiger partial charge on any atom is 0.586 e. The first-order chi connectivity index (χ1) is 11.8. The third kappa shape index (κ3) is 2.99. The molecule has 2 aliphatic heterocycles. The summed E-state index contributed by atoms with van der Waals surface area (Å²) in [5.74, 6) is -0.564. The summed E-state index contributed by atoms with van der Waals surface area (Å²) in [4.78, 5) is 24.1. The summed E-state index contributed by atoms with van der Waals surface area (Å²) in [5, 5.41) is 8.63. The van der Waals surface area contributed by atoms with Crippen molar-refractivity contribution >= 4 is 11.8 Å². The lowest BCUT2D eigenvalue weighted by atomic mass is 10.0. The maximum atomic E-state index is 13.1. The van der Waals surface area contributed by atoms with Crippen LogP contribution in [0.2, 0.25) is 0 Å². The Morgan fingerprint density at radius 2 is 2.00 bits per heavy atom. The summed E-state index contributed by atoms with van der Waals surface area (Å²) in [5.41, 5.74) is 0.0563. The first-order valence-corrected chi connectivity index (χ1v) is 8.04. The normalized spacial score (nSPS) is 28.2. The highest BCUT2D eigenvalue weighted by atomic mass is 19.3. The van der Waals surface area contributed by atoms with E-state index in [0.29, 0.717) is 18.4 Å². The summed E-state index contributed by atoms with van der Waals surface area (Å²) < 4.78 is 35.2. The standard InChI is InChI=1S/C16H17F2N3O4/c1-8-19-10(7-13(22)20-8)14(23)21-15(4-5-15)9-2-3-11-12(6-9)25-16(17,18)24-11/h2-3,6,8,10,19H,4-5,7H2,1H3,(H,20,22)(H,21,23). The Bertz CT molecular complexity index is 751. The van der Waals surface area contributed by atoms with Crippen molar-refractivity contribution in [3.63, 3.8) is 0 Å². The van der Waals surface area contributed by atoms with Crippen LogP contribution in [0.3, 0.4) is 0 Å². The molecule has 2 unspecified atom stereocenters. The van der Waals surface area contributed by atoms with E-state index in [4.69, 9.17) is 0 Å². The average molecular weight is 353 g/mol. The number of rotatable bonds is 3. The summed E-state index contributed by atoms with van der Waals surface area (Å²) in [6.07, 6.45) is -2.54. The predicted octanol–water partition coefficient (Wildman–Crippen LogP) is 0.938. The molecule has 4 rings (SSSR count). The summed E-state index contributed by atoms with van der Waals surface area (Å²) in [6.45, 7) is 1.75. The van der Waals surface area contributed by atoms with Crippen LogP contribution in [0, 0.1) is 0 Å². The van der Waals surface area contributed by atoms with E-state index < -0.39 is 17.9 Å². The smallest absolute Gasteiger partial charge is 0.395 e. The number of carbonyl (C=O) groups excluding carboxylic acids is 2. The number of alkyl halides is 2. The summed E-state index contributed by atoms with van der Waals surface area (Å²) in [6, 6.07) is 3.89. The topological polar surface area (TPSA) is 88.7 Å². The highest BCUT2D eigenvalue weighted by Gasteiger charge is 2.49. The average Bonchev–Trinajstić information content (AvgIpc) is 3.21. The highest BCUT2D eigenvalue weighted by molar-refractivity contribution is 5.90. The summed E-state index contributed by atoms with van der Waals surface area (Å²) >= 11 is 0. The number of fused-ring (bicyclic) bond motifs is 1. The maximum absolute atomic E-state index is 13.1. The van der Waals surface area contributed by atoms with Crippen LogP contribution in [0.5, 0.6) is 11.5 Å². The first-order valence-electron chi connectivity index (χ1n) is 8.04. The van der Waals surface area contributed by atoms with Gasteiger partial charge in [-0.1, -0.05) is 6.07 Å². The van der Waals surface area contributed by atoms with Crippen LogP contribution >= 0.6 is 0 Å². The molecule has 0 bridgehead atoms. The Kier molecular flexibility index (Phi) is 3.40. The van der Waals surface area contributed by atoms with Gasteiger partial charge in [-0.25, -0.2) is 0 Å². The van der Waals surface area contributed by atoms with Crippen molar-refractivity contribution in [1.82, 2.24) is 16.0 Å². The lowest BCUT2D eigenvalue weighted by Crippen LogP contribution is -2.60. The SMILES string of the molecule is CC1NC(=O)CC(C(=O)NC2(c3ccc4c(c3)OC(F)(F)O4)CC2)N1. The molecule has 1 aromatic carbocycles. The Morgan fingerprint density at radius 3 is 2.68 bits per heavy atom. The van der Waals surface area contributed by atoms with Gasteiger partial charge in [0.05, 0.1) is 24.2 Å². The van der Waals surface area contributed by atoms with Gasteiger partial charge in [0, 0.05) is 0 Å². The van der Waals surface area contributed by atoms with Gasteiger partial charge in [-0.3, -0.25) is 14.9 Å². The van der Waals surface area contributed by atoms with Crippen LogP contribution in [0.4, 0.5) is 8.78 Å². The molecule has 2 atom stereocenters. The quantitative estimate of drug-likeness (QED) is 0.753. The van der Waals surface area contributed by atoms with E-state index in [1.807, 2.05) is 0 Å². The van der Waals surface area contributed by atoms with Crippen molar-refractivity contribution in [3.05, 3.63) is 23.8 Å². The lowest BCUT2D eigenvalue weighted by molar-refractivity contribution is -0.286. The third-order valence-electron chi connectivity index (χ3n) is 4.60. The predicted molar refractivity (Wildman–Crippen MR) is 80.8 cm³/mol. The van der Waals surface area contributed by atoms with E-state index in [-0.39, 0.29) is 35.9 Å². The number of ether oxygens (including phenoxy) is 2. The fourth-order valence-electron chi connectivity index (χ4n) is 3.24. The molecule has 3 aliphatic rings. The number of carbonyl (C=O) groups is 2. The fourth-order valence-corrected chi connectivity index (χ4v) is 3.24. The molecule has 2 amide bonds. The Balaban J connectivity index is 1.50. The monoisotopic (exact) mass is 353 g/mol. The zero-order valence-electron chi connectivity index (χ0n) is 13.4. The molecule has 25 heavy (non-hydrogen) atoms. The van der Waals surface area contributed by atoms with Crippen LogP contribution < -0.4 is 25.4 Å². The second-order valence-corrected chi connectivity index (χ2v) is 6.61. The van der Waals surface area contributed by atoms with Gasteiger partial charge < -0.3 is 20.1 Å². The van der Waals surface area contributed by atoms with E-state index in [0.717, 1.165) is 0 Å². The van der Waals surface area contributed by atoms with E-state index in [9.17, 15) is 18.4 Å². The van der Waals surface area contributed by atoms with E-state index in [1.54, 1.807) is 13.0 Å². The van der Waals surface area contributed by atoms with Crippen molar-refractivity contribution in [3.8, 4) is 11.5 Å².